The number of cyclic esters (lactones) is 1. The Bertz CT molecular complexity index is 774. The van der Waals surface area contributed by atoms with Gasteiger partial charge in [-0.1, -0.05) is 23.7 Å². The highest BCUT2D eigenvalue weighted by Crippen LogP contribution is 2.18. The second-order valence-electron chi connectivity index (χ2n) is 5.55. The van der Waals surface area contributed by atoms with Gasteiger partial charge in [-0.25, -0.2) is 9.48 Å². The van der Waals surface area contributed by atoms with Crippen LogP contribution in [0.15, 0.2) is 30.5 Å². The van der Waals surface area contributed by atoms with Gasteiger partial charge in [0.2, 0.25) is 5.91 Å². The summed E-state index contributed by atoms with van der Waals surface area (Å²) < 4.78 is 6.51. The second-order valence-corrected chi connectivity index (χ2v) is 5.98. The van der Waals surface area contributed by atoms with E-state index in [1.807, 2.05) is 25.1 Å². The zero-order valence-electron chi connectivity index (χ0n) is 13.2. The van der Waals surface area contributed by atoms with Crippen LogP contribution in [0.1, 0.15) is 11.1 Å². The number of nitrogens with one attached hydrogen (secondary N) is 1. The number of rotatable bonds is 5. The Morgan fingerprint density at radius 2 is 2.29 bits per heavy atom. The quantitative estimate of drug-likeness (QED) is 0.899. The first-order chi connectivity index (χ1) is 11.5. The number of hydrogen-bond donors (Lipinski definition) is 1. The van der Waals surface area contributed by atoms with E-state index in [1.54, 1.807) is 16.9 Å². The molecule has 3 rings (SSSR count). The summed E-state index contributed by atoms with van der Waals surface area (Å²) in [5.74, 6) is 0.317. The largest absolute Gasteiger partial charge is 0.448 e. The molecule has 0 aliphatic carbocycles. The minimum atomic E-state index is -0.464. The van der Waals surface area contributed by atoms with Gasteiger partial charge in [-0.3, -0.25) is 9.69 Å². The van der Waals surface area contributed by atoms with Gasteiger partial charge in [-0.15, -0.1) is 0 Å². The van der Waals surface area contributed by atoms with Gasteiger partial charge in [0.1, 0.15) is 19.0 Å². The summed E-state index contributed by atoms with van der Waals surface area (Å²) >= 11 is 6.00. The number of aryl methyl sites for hydroxylation is 1. The van der Waals surface area contributed by atoms with Gasteiger partial charge in [0.05, 0.1) is 19.3 Å². The molecule has 1 aliphatic rings. The lowest BCUT2D eigenvalue weighted by Gasteiger charge is -2.14. The molecule has 1 aromatic carbocycles. The molecule has 1 aliphatic heterocycles. The molecule has 126 valence electrons. The molecule has 0 radical (unpaired) electrons. The van der Waals surface area contributed by atoms with Crippen molar-refractivity contribution in [1.82, 2.24) is 14.7 Å². The number of hydrogen-bond acceptors (Lipinski definition) is 4. The predicted molar refractivity (Wildman–Crippen MR) is 89.1 cm³/mol. The highest BCUT2D eigenvalue weighted by Gasteiger charge is 2.24. The van der Waals surface area contributed by atoms with Crippen LogP contribution in [0.4, 0.5) is 10.6 Å². The van der Waals surface area contributed by atoms with Crippen LogP contribution < -0.4 is 5.32 Å². The molecule has 2 amide bonds. The van der Waals surface area contributed by atoms with Gasteiger partial charge >= 0.3 is 6.09 Å². The summed E-state index contributed by atoms with van der Waals surface area (Å²) in [6.07, 6.45) is 1.22. The Morgan fingerprint density at radius 3 is 3.00 bits per heavy atom. The average Bonchev–Trinajstić information content (AvgIpc) is 3.08. The zero-order valence-corrected chi connectivity index (χ0v) is 13.9. The van der Waals surface area contributed by atoms with Crippen LogP contribution in [0.5, 0.6) is 0 Å². The third kappa shape index (κ3) is 3.68. The third-order valence-corrected chi connectivity index (χ3v) is 3.92. The van der Waals surface area contributed by atoms with E-state index in [2.05, 4.69) is 10.4 Å². The minimum absolute atomic E-state index is 0.0411. The Kier molecular flexibility index (Phi) is 4.71. The fourth-order valence-electron chi connectivity index (χ4n) is 2.48. The van der Waals surface area contributed by atoms with Crippen molar-refractivity contribution in [2.24, 2.45) is 0 Å². The molecule has 0 spiro atoms. The van der Waals surface area contributed by atoms with E-state index >= 15 is 0 Å². The molecule has 0 bridgehead atoms. The number of ether oxygens (including phenoxy) is 1. The number of nitrogens with zero attached hydrogens (tertiary/aromatic N) is 3. The molecule has 8 heteroatoms. The predicted octanol–water partition coefficient (Wildman–Crippen LogP) is 2.28. The van der Waals surface area contributed by atoms with Crippen molar-refractivity contribution in [3.63, 3.8) is 0 Å². The number of amides is 2. The average molecular weight is 349 g/mol. The SMILES string of the molecule is Cc1cnn(Cc2cccc(Cl)c2)c1NC(=O)CN1CCOC1=O. The molecule has 1 N–H and O–H groups in total. The lowest BCUT2D eigenvalue weighted by Crippen LogP contribution is -2.34. The summed E-state index contributed by atoms with van der Waals surface area (Å²) in [7, 11) is 0. The van der Waals surface area contributed by atoms with Crippen LogP contribution in [-0.4, -0.2) is 46.4 Å². The van der Waals surface area contributed by atoms with Gasteiger partial charge in [0.15, 0.2) is 0 Å². The highest BCUT2D eigenvalue weighted by atomic mass is 35.5. The first-order valence-corrected chi connectivity index (χ1v) is 7.89. The Morgan fingerprint density at radius 1 is 1.46 bits per heavy atom. The normalized spacial score (nSPS) is 13.9. The molecule has 0 saturated carbocycles. The monoisotopic (exact) mass is 348 g/mol. The van der Waals surface area contributed by atoms with Gasteiger partial charge in [0, 0.05) is 10.6 Å². The number of benzene rings is 1. The van der Waals surface area contributed by atoms with E-state index < -0.39 is 6.09 Å². The first kappa shape index (κ1) is 16.3. The molecule has 24 heavy (non-hydrogen) atoms. The fraction of sp³-hybridized carbons (Fsp3) is 0.312. The topological polar surface area (TPSA) is 76.5 Å². The summed E-state index contributed by atoms with van der Waals surface area (Å²) in [5, 5.41) is 7.76. The highest BCUT2D eigenvalue weighted by molar-refractivity contribution is 6.30. The second kappa shape index (κ2) is 6.92. The van der Waals surface area contributed by atoms with E-state index in [0.29, 0.717) is 30.5 Å². The fourth-order valence-corrected chi connectivity index (χ4v) is 2.70. The number of aromatic nitrogens is 2. The molecule has 1 fully saturated rings. The number of halogens is 1. The van der Waals surface area contributed by atoms with Crippen LogP contribution in [0.2, 0.25) is 5.02 Å². The molecule has 1 saturated heterocycles. The molecule has 1 aromatic heterocycles. The minimum Gasteiger partial charge on any atom is -0.448 e. The van der Waals surface area contributed by atoms with Crippen LogP contribution in [0, 0.1) is 6.92 Å². The van der Waals surface area contributed by atoms with Crippen LogP contribution in [-0.2, 0) is 16.1 Å². The number of carbonyl (C=O) groups excluding carboxylic acids is 2. The third-order valence-electron chi connectivity index (χ3n) is 3.68. The van der Waals surface area contributed by atoms with E-state index in [0.717, 1.165) is 11.1 Å². The number of anilines is 1. The maximum absolute atomic E-state index is 12.2. The van der Waals surface area contributed by atoms with Gasteiger partial charge in [0.25, 0.3) is 0 Å². The summed E-state index contributed by atoms with van der Waals surface area (Å²) in [4.78, 5) is 25.0. The molecule has 0 unspecified atom stereocenters. The van der Waals surface area contributed by atoms with Crippen molar-refractivity contribution in [2.75, 3.05) is 25.0 Å². The Balaban J connectivity index is 1.70. The van der Waals surface area contributed by atoms with E-state index in [4.69, 9.17) is 16.3 Å². The van der Waals surface area contributed by atoms with Crippen LogP contribution >= 0.6 is 11.6 Å². The van der Waals surface area contributed by atoms with Crippen molar-refractivity contribution in [1.29, 1.82) is 0 Å². The lowest BCUT2D eigenvalue weighted by atomic mass is 10.2. The maximum Gasteiger partial charge on any atom is 0.410 e. The van der Waals surface area contributed by atoms with Crippen molar-refractivity contribution in [3.05, 3.63) is 46.6 Å². The zero-order chi connectivity index (χ0) is 17.1. The van der Waals surface area contributed by atoms with E-state index in [9.17, 15) is 9.59 Å². The van der Waals surface area contributed by atoms with E-state index in [1.165, 1.54) is 4.90 Å². The molecular formula is C16H17ClN4O3. The molecular weight excluding hydrogens is 332 g/mol. The van der Waals surface area contributed by atoms with Gasteiger partial charge in [-0.2, -0.15) is 5.10 Å². The van der Waals surface area contributed by atoms with E-state index in [-0.39, 0.29) is 12.5 Å². The number of carbonyl (C=O) groups is 2. The lowest BCUT2D eigenvalue weighted by molar-refractivity contribution is -0.116. The van der Waals surface area contributed by atoms with Gasteiger partial charge in [-0.05, 0) is 24.6 Å². The van der Waals surface area contributed by atoms with Gasteiger partial charge < -0.3 is 10.1 Å². The summed E-state index contributed by atoms with van der Waals surface area (Å²) in [6, 6.07) is 7.46. The summed E-state index contributed by atoms with van der Waals surface area (Å²) in [6.45, 7) is 3.04. The smallest absolute Gasteiger partial charge is 0.410 e. The van der Waals surface area contributed by atoms with Crippen molar-refractivity contribution < 1.29 is 14.3 Å². The Labute approximate surface area is 144 Å². The Hall–Kier alpha value is -2.54. The molecule has 2 heterocycles. The van der Waals surface area contributed by atoms with Crippen molar-refractivity contribution >= 4 is 29.4 Å². The van der Waals surface area contributed by atoms with Crippen LogP contribution in [0.25, 0.3) is 0 Å². The molecule has 0 atom stereocenters. The van der Waals surface area contributed by atoms with Crippen LogP contribution in [0.3, 0.4) is 0 Å². The standard InChI is InChI=1S/C16H17ClN4O3/c1-11-8-18-21(9-12-3-2-4-13(17)7-12)15(11)19-14(22)10-20-5-6-24-16(20)23/h2-4,7-8H,5-6,9-10H2,1H3,(H,19,22). The molecule has 2 aromatic rings. The summed E-state index contributed by atoms with van der Waals surface area (Å²) in [5.41, 5.74) is 1.82. The maximum atomic E-state index is 12.2. The van der Waals surface area contributed by atoms with Crippen molar-refractivity contribution in [2.45, 2.75) is 13.5 Å². The molecule has 7 nitrogen and oxygen atoms in total. The first-order valence-electron chi connectivity index (χ1n) is 7.51. The van der Waals surface area contributed by atoms with Crippen molar-refractivity contribution in [3.8, 4) is 0 Å².